The van der Waals surface area contributed by atoms with Crippen molar-refractivity contribution in [2.24, 2.45) is 0 Å². The molecule has 1 fully saturated rings. The van der Waals surface area contributed by atoms with Crippen molar-refractivity contribution in [1.82, 2.24) is 25.1 Å². The third-order valence-corrected chi connectivity index (χ3v) is 6.30. The summed E-state index contributed by atoms with van der Waals surface area (Å²) in [6.07, 6.45) is 4.89. The summed E-state index contributed by atoms with van der Waals surface area (Å²) in [6.45, 7) is 6.94. The van der Waals surface area contributed by atoms with E-state index in [-0.39, 0.29) is 12.3 Å². The Hall–Kier alpha value is -4.05. The summed E-state index contributed by atoms with van der Waals surface area (Å²) in [5.41, 5.74) is 1.75. The molecule has 9 nitrogen and oxygen atoms in total. The average Bonchev–Trinajstić information content (AvgIpc) is 3.50. The smallest absolute Gasteiger partial charge is 0.230 e. The monoisotopic (exact) mass is 502 g/mol. The van der Waals surface area contributed by atoms with Crippen molar-refractivity contribution < 1.29 is 13.9 Å². The maximum absolute atomic E-state index is 13.3. The highest BCUT2D eigenvalue weighted by Crippen LogP contribution is 2.26. The summed E-state index contributed by atoms with van der Waals surface area (Å²) in [7, 11) is 0. The SMILES string of the molecule is [CH2][C@@H]1CCCN1CCCOc1ccc2c(Nc3cc(CC(=O)Nc4cccc(F)c4)[nH]n3)ncnc2c1. The molecule has 0 unspecified atom stereocenters. The van der Waals surface area contributed by atoms with Crippen LogP contribution in [0.3, 0.4) is 0 Å². The molecular formula is C27H29FN7O2. The number of carbonyl (C=O) groups is 1. The van der Waals surface area contributed by atoms with Gasteiger partial charge in [0.15, 0.2) is 5.82 Å². The molecule has 191 valence electrons. The van der Waals surface area contributed by atoms with E-state index in [2.05, 4.69) is 42.6 Å². The van der Waals surface area contributed by atoms with Crippen molar-refractivity contribution >= 4 is 34.1 Å². The molecule has 37 heavy (non-hydrogen) atoms. The number of amides is 1. The zero-order valence-electron chi connectivity index (χ0n) is 20.4. The molecule has 2 aromatic carbocycles. The highest BCUT2D eigenvalue weighted by molar-refractivity contribution is 5.93. The van der Waals surface area contributed by atoms with Crippen molar-refractivity contribution in [3.05, 3.63) is 73.3 Å². The number of aromatic amines is 1. The topological polar surface area (TPSA) is 108 Å². The molecule has 3 N–H and O–H groups in total. The zero-order valence-corrected chi connectivity index (χ0v) is 20.4. The van der Waals surface area contributed by atoms with E-state index in [4.69, 9.17) is 4.74 Å². The minimum absolute atomic E-state index is 0.0591. The van der Waals surface area contributed by atoms with E-state index in [1.807, 2.05) is 18.2 Å². The van der Waals surface area contributed by atoms with E-state index in [0.29, 0.717) is 35.7 Å². The zero-order chi connectivity index (χ0) is 25.6. The summed E-state index contributed by atoms with van der Waals surface area (Å²) in [4.78, 5) is 23.4. The van der Waals surface area contributed by atoms with Gasteiger partial charge in [-0.15, -0.1) is 0 Å². The number of halogens is 1. The molecule has 0 bridgehead atoms. The lowest BCUT2D eigenvalue weighted by Gasteiger charge is -2.20. The number of fused-ring (bicyclic) bond motifs is 1. The fourth-order valence-corrected chi connectivity index (χ4v) is 4.46. The lowest BCUT2D eigenvalue weighted by atomic mass is 10.2. The number of rotatable bonds is 10. The molecule has 3 heterocycles. The van der Waals surface area contributed by atoms with Crippen LogP contribution < -0.4 is 15.4 Å². The summed E-state index contributed by atoms with van der Waals surface area (Å²) in [5.74, 6) is 1.17. The Morgan fingerprint density at radius 1 is 1.22 bits per heavy atom. The number of likely N-dealkylation sites (tertiary alicyclic amines) is 1. The third kappa shape index (κ3) is 6.39. The van der Waals surface area contributed by atoms with Gasteiger partial charge in [0.05, 0.1) is 18.5 Å². The lowest BCUT2D eigenvalue weighted by molar-refractivity contribution is -0.115. The van der Waals surface area contributed by atoms with Crippen LogP contribution in [0.5, 0.6) is 5.75 Å². The first kappa shape index (κ1) is 24.6. The molecule has 1 radical (unpaired) electrons. The second-order valence-corrected chi connectivity index (χ2v) is 9.07. The molecule has 1 aliphatic heterocycles. The quantitative estimate of drug-likeness (QED) is 0.274. The van der Waals surface area contributed by atoms with Gasteiger partial charge < -0.3 is 20.3 Å². The Bertz CT molecular complexity index is 1380. The summed E-state index contributed by atoms with van der Waals surface area (Å²) in [5, 5.41) is 13.7. The number of aromatic nitrogens is 4. The van der Waals surface area contributed by atoms with Gasteiger partial charge in [-0.25, -0.2) is 14.4 Å². The van der Waals surface area contributed by atoms with Crippen molar-refractivity contribution in [3.8, 4) is 5.75 Å². The van der Waals surface area contributed by atoms with Crippen LogP contribution >= 0.6 is 0 Å². The van der Waals surface area contributed by atoms with Crippen molar-refractivity contribution in [2.75, 3.05) is 30.3 Å². The summed E-state index contributed by atoms with van der Waals surface area (Å²) < 4.78 is 19.3. The van der Waals surface area contributed by atoms with Crippen LogP contribution in [0.1, 0.15) is 25.0 Å². The van der Waals surface area contributed by atoms with Crippen molar-refractivity contribution in [3.63, 3.8) is 0 Å². The van der Waals surface area contributed by atoms with Crippen LogP contribution in [0.25, 0.3) is 10.9 Å². The first-order valence-electron chi connectivity index (χ1n) is 12.3. The van der Waals surface area contributed by atoms with Gasteiger partial charge in [0.2, 0.25) is 5.91 Å². The Morgan fingerprint density at radius 2 is 2.14 bits per heavy atom. The number of nitrogens with zero attached hydrogens (tertiary/aromatic N) is 4. The number of benzene rings is 2. The summed E-state index contributed by atoms with van der Waals surface area (Å²) in [6, 6.07) is 13.6. The molecule has 0 aliphatic carbocycles. The summed E-state index contributed by atoms with van der Waals surface area (Å²) >= 11 is 0. The van der Waals surface area contributed by atoms with Gasteiger partial charge >= 0.3 is 0 Å². The van der Waals surface area contributed by atoms with E-state index in [1.165, 1.54) is 37.4 Å². The molecule has 1 aliphatic rings. The highest BCUT2D eigenvalue weighted by Gasteiger charge is 2.19. The number of H-pyrrole nitrogens is 1. The molecule has 10 heteroatoms. The Kier molecular flexibility index (Phi) is 7.55. The van der Waals surface area contributed by atoms with Crippen molar-refractivity contribution in [1.29, 1.82) is 0 Å². The molecule has 2 aromatic heterocycles. The Morgan fingerprint density at radius 3 is 2.97 bits per heavy atom. The highest BCUT2D eigenvalue weighted by atomic mass is 19.1. The standard InChI is InChI=1S/C27H29FN7O2/c1-18-5-3-10-35(18)11-4-12-37-22-8-9-23-24(16-22)29-17-30-27(23)32-25-14-21(33-34-25)15-26(36)31-20-7-2-6-19(28)13-20/h2,6-9,13-14,16-18H,1,3-5,10-12,15H2,(H,31,36)(H2,29,30,32,33,34)/t18-/m1/s1. The predicted molar refractivity (Wildman–Crippen MR) is 140 cm³/mol. The Labute approximate surface area is 214 Å². The normalized spacial score (nSPS) is 15.7. The minimum Gasteiger partial charge on any atom is -0.493 e. The second-order valence-electron chi connectivity index (χ2n) is 9.07. The van der Waals surface area contributed by atoms with Gasteiger partial charge in [-0.1, -0.05) is 6.07 Å². The maximum Gasteiger partial charge on any atom is 0.230 e. The van der Waals surface area contributed by atoms with Crippen LogP contribution in [-0.2, 0) is 11.2 Å². The first-order valence-corrected chi connectivity index (χ1v) is 12.3. The van der Waals surface area contributed by atoms with E-state index >= 15 is 0 Å². The van der Waals surface area contributed by atoms with Gasteiger partial charge in [-0.05, 0) is 63.1 Å². The average molecular weight is 503 g/mol. The number of hydrogen-bond donors (Lipinski definition) is 3. The molecule has 4 aromatic rings. The lowest BCUT2D eigenvalue weighted by Crippen LogP contribution is -2.28. The van der Waals surface area contributed by atoms with E-state index in [9.17, 15) is 9.18 Å². The van der Waals surface area contributed by atoms with E-state index in [0.717, 1.165) is 36.2 Å². The van der Waals surface area contributed by atoms with Gasteiger partial charge in [0, 0.05) is 41.5 Å². The van der Waals surface area contributed by atoms with Crippen LogP contribution in [0.4, 0.5) is 21.7 Å². The number of ether oxygens (including phenoxy) is 1. The fourth-order valence-electron chi connectivity index (χ4n) is 4.46. The molecule has 0 spiro atoms. The molecule has 1 atom stereocenters. The molecule has 1 amide bonds. The second kappa shape index (κ2) is 11.3. The largest absolute Gasteiger partial charge is 0.493 e. The van der Waals surface area contributed by atoms with Crippen LogP contribution in [0, 0.1) is 12.7 Å². The molecular weight excluding hydrogens is 473 g/mol. The van der Waals surface area contributed by atoms with Gasteiger partial charge in [0.25, 0.3) is 0 Å². The van der Waals surface area contributed by atoms with Gasteiger partial charge in [-0.3, -0.25) is 9.89 Å². The molecule has 5 rings (SSSR count). The predicted octanol–water partition coefficient (Wildman–Crippen LogP) is 4.48. The Balaban J connectivity index is 1.17. The van der Waals surface area contributed by atoms with E-state index in [1.54, 1.807) is 12.1 Å². The molecule has 1 saturated heterocycles. The number of anilines is 3. The third-order valence-electron chi connectivity index (χ3n) is 6.30. The number of carbonyl (C=O) groups excluding carboxylic acids is 1. The van der Waals surface area contributed by atoms with Gasteiger partial charge in [-0.2, -0.15) is 5.10 Å². The number of hydrogen-bond acceptors (Lipinski definition) is 7. The van der Waals surface area contributed by atoms with Crippen LogP contribution in [-0.4, -0.2) is 56.7 Å². The fraction of sp³-hybridized carbons (Fsp3) is 0.296. The van der Waals surface area contributed by atoms with Crippen molar-refractivity contribution in [2.45, 2.75) is 31.7 Å². The van der Waals surface area contributed by atoms with Crippen LogP contribution in [0.15, 0.2) is 54.9 Å². The van der Waals surface area contributed by atoms with Crippen LogP contribution in [0.2, 0.25) is 0 Å². The van der Waals surface area contributed by atoms with E-state index < -0.39 is 5.82 Å². The first-order chi connectivity index (χ1) is 18.0. The molecule has 0 saturated carbocycles. The maximum atomic E-state index is 13.3. The number of nitrogens with one attached hydrogen (secondary N) is 3. The van der Waals surface area contributed by atoms with Gasteiger partial charge in [0.1, 0.15) is 23.7 Å². The minimum atomic E-state index is -0.411.